The van der Waals surface area contributed by atoms with E-state index in [-0.39, 0.29) is 5.91 Å². The number of allylic oxidation sites excluding steroid dienone is 1. The van der Waals surface area contributed by atoms with Crippen molar-refractivity contribution in [2.24, 2.45) is 10.7 Å². The molecule has 0 saturated heterocycles. The van der Waals surface area contributed by atoms with Crippen molar-refractivity contribution in [1.82, 2.24) is 10.3 Å². The number of aromatic amines is 1. The summed E-state index contributed by atoms with van der Waals surface area (Å²) in [5.41, 5.74) is 9.34. The van der Waals surface area contributed by atoms with Gasteiger partial charge in [0, 0.05) is 35.8 Å². The smallest absolute Gasteiger partial charge is 0.270 e. The quantitative estimate of drug-likeness (QED) is 0.498. The van der Waals surface area contributed by atoms with Gasteiger partial charge in [0.25, 0.3) is 5.91 Å². The Morgan fingerprint density at radius 3 is 2.50 bits per heavy atom. The second-order valence-electron chi connectivity index (χ2n) is 5.76. The number of hydrogen-bond donors (Lipinski definition) is 3. The fraction of sp³-hybridized carbons (Fsp3) is 0.368. The van der Waals surface area contributed by atoms with E-state index in [1.807, 2.05) is 26.0 Å². The summed E-state index contributed by atoms with van der Waals surface area (Å²) in [5, 5.41) is 3.69. The zero-order chi connectivity index (χ0) is 19.3. The second kappa shape index (κ2) is 8.53. The summed E-state index contributed by atoms with van der Waals surface area (Å²) in [6, 6.07) is 3.79. The monoisotopic (exact) mass is 358 g/mol. The molecule has 2 rings (SSSR count). The predicted molar refractivity (Wildman–Crippen MR) is 105 cm³/mol. The van der Waals surface area contributed by atoms with E-state index in [1.54, 1.807) is 14.2 Å². The number of H-pyrrole nitrogens is 1. The molecule has 7 heteroatoms. The molecule has 2 aromatic rings. The van der Waals surface area contributed by atoms with Gasteiger partial charge in [-0.25, -0.2) is 0 Å². The molecule has 1 heterocycles. The molecular formula is C19H26N4O3. The molecule has 7 nitrogen and oxygen atoms in total. The van der Waals surface area contributed by atoms with Crippen LogP contribution >= 0.6 is 0 Å². The van der Waals surface area contributed by atoms with Crippen LogP contribution in [0.1, 0.15) is 24.6 Å². The molecule has 0 unspecified atom stereocenters. The standard InChI is InChI=1S/C19H26N4O3/c1-6-12(18(21-3)19(24)22-8-7-20)17-11(2)23-14-10-16(26-5)15(25-4)9-13(14)17/h9-10,23H,3,6-8,20H2,1-2,4-5H3,(H,22,24)/b18-12-. The highest BCUT2D eigenvalue weighted by atomic mass is 16.5. The number of hydrogen-bond acceptors (Lipinski definition) is 5. The molecule has 0 aliphatic rings. The molecule has 26 heavy (non-hydrogen) atoms. The van der Waals surface area contributed by atoms with E-state index in [4.69, 9.17) is 15.2 Å². The summed E-state index contributed by atoms with van der Waals surface area (Å²) in [5.74, 6) is 0.977. The third-order valence-electron chi connectivity index (χ3n) is 4.23. The topological polar surface area (TPSA) is 102 Å². The van der Waals surface area contributed by atoms with E-state index in [0.29, 0.717) is 36.7 Å². The first-order valence-corrected chi connectivity index (χ1v) is 8.45. The number of benzene rings is 1. The Kier molecular flexibility index (Phi) is 6.41. The van der Waals surface area contributed by atoms with Crippen LogP contribution in [-0.4, -0.2) is 44.9 Å². The number of methoxy groups -OCH3 is 2. The molecule has 0 aliphatic heterocycles. The summed E-state index contributed by atoms with van der Waals surface area (Å²) in [7, 11) is 3.19. The van der Waals surface area contributed by atoms with Crippen LogP contribution in [-0.2, 0) is 4.79 Å². The van der Waals surface area contributed by atoms with Gasteiger partial charge in [-0.3, -0.25) is 9.79 Å². The molecule has 0 atom stereocenters. The van der Waals surface area contributed by atoms with Crippen LogP contribution in [0.2, 0.25) is 0 Å². The normalized spacial score (nSPS) is 11.9. The van der Waals surface area contributed by atoms with Crippen molar-refractivity contribution in [2.75, 3.05) is 27.3 Å². The van der Waals surface area contributed by atoms with Crippen LogP contribution in [0.5, 0.6) is 11.5 Å². The maximum absolute atomic E-state index is 12.5. The largest absolute Gasteiger partial charge is 0.493 e. The van der Waals surface area contributed by atoms with Crippen molar-refractivity contribution in [1.29, 1.82) is 0 Å². The lowest BCUT2D eigenvalue weighted by Crippen LogP contribution is -2.30. The molecule has 1 aromatic carbocycles. The van der Waals surface area contributed by atoms with Crippen LogP contribution in [0.4, 0.5) is 0 Å². The van der Waals surface area contributed by atoms with Gasteiger partial charge in [0.05, 0.1) is 19.7 Å². The van der Waals surface area contributed by atoms with Gasteiger partial charge >= 0.3 is 0 Å². The lowest BCUT2D eigenvalue weighted by molar-refractivity contribution is -0.117. The number of carbonyl (C=O) groups excluding carboxylic acids is 1. The number of aryl methyl sites for hydroxylation is 1. The molecule has 1 amide bonds. The summed E-state index contributed by atoms with van der Waals surface area (Å²) in [6.07, 6.45) is 0.618. The Hall–Kier alpha value is -2.80. The lowest BCUT2D eigenvalue weighted by atomic mass is 9.97. The first-order valence-electron chi connectivity index (χ1n) is 8.45. The van der Waals surface area contributed by atoms with E-state index in [1.165, 1.54) is 0 Å². The third kappa shape index (κ3) is 3.57. The molecule has 0 aliphatic carbocycles. The number of aliphatic imine (C=N–C) groups is 1. The van der Waals surface area contributed by atoms with Gasteiger partial charge in [-0.1, -0.05) is 6.92 Å². The molecule has 140 valence electrons. The maximum Gasteiger partial charge on any atom is 0.270 e. The van der Waals surface area contributed by atoms with Crippen molar-refractivity contribution >= 4 is 29.1 Å². The minimum atomic E-state index is -0.281. The van der Waals surface area contributed by atoms with Gasteiger partial charge < -0.3 is 25.5 Å². The SMILES string of the molecule is C=N/C(C(=O)NCCN)=C(/CC)c1c(C)[nH]c2cc(OC)c(OC)cc12. The van der Waals surface area contributed by atoms with Gasteiger partial charge in [0.15, 0.2) is 11.5 Å². The molecule has 1 aromatic heterocycles. The molecule has 0 fully saturated rings. The fourth-order valence-corrected chi connectivity index (χ4v) is 3.08. The minimum absolute atomic E-state index is 0.281. The number of nitrogens with one attached hydrogen (secondary N) is 2. The number of nitrogens with zero attached hydrogens (tertiary/aromatic N) is 1. The molecular weight excluding hydrogens is 332 g/mol. The van der Waals surface area contributed by atoms with E-state index in [2.05, 4.69) is 22.0 Å². The number of amides is 1. The summed E-state index contributed by atoms with van der Waals surface area (Å²) in [6.45, 7) is 8.27. The van der Waals surface area contributed by atoms with Gasteiger partial charge in [0.2, 0.25) is 0 Å². The summed E-state index contributed by atoms with van der Waals surface area (Å²) in [4.78, 5) is 19.8. The highest BCUT2D eigenvalue weighted by molar-refractivity contribution is 6.06. The van der Waals surface area contributed by atoms with E-state index < -0.39 is 0 Å². The molecule has 0 saturated carbocycles. The first kappa shape index (κ1) is 19.5. The summed E-state index contributed by atoms with van der Waals surface area (Å²) >= 11 is 0. The molecule has 0 bridgehead atoms. The van der Waals surface area contributed by atoms with E-state index >= 15 is 0 Å². The Morgan fingerprint density at radius 2 is 1.96 bits per heavy atom. The molecule has 0 spiro atoms. The Labute approximate surface area is 153 Å². The Morgan fingerprint density at radius 1 is 1.31 bits per heavy atom. The van der Waals surface area contributed by atoms with E-state index in [0.717, 1.165) is 27.7 Å². The number of nitrogens with two attached hydrogens (primary N) is 1. The average Bonchev–Trinajstić information content (AvgIpc) is 2.97. The number of rotatable bonds is 8. The van der Waals surface area contributed by atoms with Gasteiger partial charge in [-0.05, 0) is 31.7 Å². The predicted octanol–water partition coefficient (Wildman–Crippen LogP) is 2.39. The van der Waals surface area contributed by atoms with Crippen molar-refractivity contribution in [2.45, 2.75) is 20.3 Å². The highest BCUT2D eigenvalue weighted by Gasteiger charge is 2.21. The van der Waals surface area contributed by atoms with Crippen LogP contribution in [0.15, 0.2) is 22.8 Å². The second-order valence-corrected chi connectivity index (χ2v) is 5.76. The number of fused-ring (bicyclic) bond motifs is 1. The van der Waals surface area contributed by atoms with Gasteiger partial charge in [0.1, 0.15) is 5.70 Å². The zero-order valence-electron chi connectivity index (χ0n) is 15.7. The molecule has 0 radical (unpaired) electrons. The molecule has 4 N–H and O–H groups in total. The number of ether oxygens (including phenoxy) is 2. The van der Waals surface area contributed by atoms with Crippen molar-refractivity contribution in [3.8, 4) is 11.5 Å². The van der Waals surface area contributed by atoms with Crippen molar-refractivity contribution in [3.05, 3.63) is 29.1 Å². The van der Waals surface area contributed by atoms with Gasteiger partial charge in [-0.15, -0.1) is 0 Å². The van der Waals surface area contributed by atoms with Crippen molar-refractivity contribution < 1.29 is 14.3 Å². The van der Waals surface area contributed by atoms with Crippen LogP contribution in [0.3, 0.4) is 0 Å². The van der Waals surface area contributed by atoms with Crippen LogP contribution in [0, 0.1) is 6.92 Å². The number of aromatic nitrogens is 1. The summed E-state index contributed by atoms with van der Waals surface area (Å²) < 4.78 is 10.8. The van der Waals surface area contributed by atoms with Gasteiger partial charge in [-0.2, -0.15) is 0 Å². The number of carbonyl (C=O) groups is 1. The average molecular weight is 358 g/mol. The van der Waals surface area contributed by atoms with E-state index in [9.17, 15) is 4.79 Å². The fourth-order valence-electron chi connectivity index (χ4n) is 3.08. The highest BCUT2D eigenvalue weighted by Crippen LogP contribution is 2.38. The minimum Gasteiger partial charge on any atom is -0.493 e. The Bertz CT molecular complexity index is 852. The van der Waals surface area contributed by atoms with Crippen LogP contribution < -0.4 is 20.5 Å². The first-order chi connectivity index (χ1) is 12.5. The Balaban J connectivity index is 2.72. The maximum atomic E-state index is 12.5. The third-order valence-corrected chi connectivity index (χ3v) is 4.23. The zero-order valence-corrected chi connectivity index (χ0v) is 15.7. The van der Waals surface area contributed by atoms with Crippen molar-refractivity contribution in [3.63, 3.8) is 0 Å². The lowest BCUT2D eigenvalue weighted by Gasteiger charge is -2.12. The van der Waals surface area contributed by atoms with Crippen LogP contribution in [0.25, 0.3) is 16.5 Å².